The zero-order valence-corrected chi connectivity index (χ0v) is 13.6. The van der Waals surface area contributed by atoms with Crippen molar-refractivity contribution in [1.82, 2.24) is 19.8 Å². The molecule has 5 nitrogen and oxygen atoms in total. The summed E-state index contributed by atoms with van der Waals surface area (Å²) < 4.78 is 5.84. The maximum atomic E-state index is 5.84. The highest BCUT2D eigenvalue weighted by atomic mass is 16.5. The fraction of sp³-hybridized carbons (Fsp3) is 0.529. The number of para-hydroxylation sites is 2. The SMILES string of the molecule is Cc1nc2ccccc2nc1CN1CCO[C@@H](CN(C)C)C1. The van der Waals surface area contributed by atoms with Gasteiger partial charge in [-0.3, -0.25) is 4.90 Å². The number of hydrogen-bond acceptors (Lipinski definition) is 5. The number of hydrogen-bond donors (Lipinski definition) is 0. The highest BCUT2D eigenvalue weighted by molar-refractivity contribution is 5.74. The zero-order chi connectivity index (χ0) is 15.5. The van der Waals surface area contributed by atoms with Crippen molar-refractivity contribution in [2.24, 2.45) is 0 Å². The van der Waals surface area contributed by atoms with Crippen LogP contribution in [-0.2, 0) is 11.3 Å². The van der Waals surface area contributed by atoms with E-state index in [9.17, 15) is 0 Å². The van der Waals surface area contributed by atoms with E-state index in [1.54, 1.807) is 0 Å². The molecule has 1 aromatic heterocycles. The molecule has 0 saturated carbocycles. The fourth-order valence-electron chi connectivity index (χ4n) is 2.93. The molecular formula is C17H24N4O. The van der Waals surface area contributed by atoms with E-state index in [4.69, 9.17) is 9.72 Å². The van der Waals surface area contributed by atoms with Gasteiger partial charge < -0.3 is 9.64 Å². The summed E-state index contributed by atoms with van der Waals surface area (Å²) in [4.78, 5) is 14.1. The van der Waals surface area contributed by atoms with Gasteiger partial charge in [-0.15, -0.1) is 0 Å². The second-order valence-electron chi connectivity index (χ2n) is 6.23. The summed E-state index contributed by atoms with van der Waals surface area (Å²) in [6, 6.07) is 8.06. The molecule has 0 radical (unpaired) electrons. The van der Waals surface area contributed by atoms with Crippen molar-refractivity contribution < 1.29 is 4.74 Å². The highest BCUT2D eigenvalue weighted by Crippen LogP contribution is 2.15. The zero-order valence-electron chi connectivity index (χ0n) is 13.6. The molecule has 5 heteroatoms. The van der Waals surface area contributed by atoms with E-state index in [2.05, 4.69) is 28.9 Å². The molecule has 1 atom stereocenters. The molecule has 0 bridgehead atoms. The van der Waals surface area contributed by atoms with Crippen molar-refractivity contribution in [2.75, 3.05) is 40.3 Å². The van der Waals surface area contributed by atoms with E-state index in [0.29, 0.717) is 0 Å². The number of rotatable bonds is 4. The molecule has 2 heterocycles. The second kappa shape index (κ2) is 6.69. The average Bonchev–Trinajstić information content (AvgIpc) is 2.48. The van der Waals surface area contributed by atoms with Gasteiger partial charge in [0.25, 0.3) is 0 Å². The standard InChI is InChI=1S/C17H24N4O/c1-13-17(19-16-7-5-4-6-15(16)18-13)12-21-8-9-22-14(11-21)10-20(2)3/h4-7,14H,8-12H2,1-3H3/t14-/m0/s1. The first kappa shape index (κ1) is 15.3. The van der Waals surface area contributed by atoms with E-state index in [-0.39, 0.29) is 6.10 Å². The third kappa shape index (κ3) is 3.61. The van der Waals surface area contributed by atoms with Crippen LogP contribution in [-0.4, -0.2) is 66.2 Å². The summed E-state index contributed by atoms with van der Waals surface area (Å²) in [5.41, 5.74) is 4.04. The lowest BCUT2D eigenvalue weighted by molar-refractivity contribution is -0.0410. The van der Waals surface area contributed by atoms with Crippen LogP contribution in [0, 0.1) is 6.92 Å². The molecular weight excluding hydrogens is 276 g/mol. The van der Waals surface area contributed by atoms with Crippen LogP contribution in [0.1, 0.15) is 11.4 Å². The van der Waals surface area contributed by atoms with E-state index in [0.717, 1.165) is 55.2 Å². The minimum Gasteiger partial charge on any atom is -0.374 e. The number of aryl methyl sites for hydroxylation is 1. The van der Waals surface area contributed by atoms with Crippen LogP contribution in [0.3, 0.4) is 0 Å². The van der Waals surface area contributed by atoms with Gasteiger partial charge in [0.2, 0.25) is 0 Å². The molecule has 0 aliphatic carbocycles. The number of nitrogens with zero attached hydrogens (tertiary/aromatic N) is 4. The monoisotopic (exact) mass is 300 g/mol. The molecule has 2 aromatic rings. The number of ether oxygens (including phenoxy) is 1. The van der Waals surface area contributed by atoms with Crippen molar-refractivity contribution in [3.8, 4) is 0 Å². The minimum atomic E-state index is 0.275. The molecule has 0 amide bonds. The van der Waals surface area contributed by atoms with Crippen LogP contribution in [0.25, 0.3) is 11.0 Å². The smallest absolute Gasteiger partial charge is 0.0890 e. The average molecular weight is 300 g/mol. The third-order valence-electron chi connectivity index (χ3n) is 4.01. The first-order valence-electron chi connectivity index (χ1n) is 7.83. The molecule has 1 fully saturated rings. The Morgan fingerprint density at radius 3 is 2.68 bits per heavy atom. The number of morpholine rings is 1. The van der Waals surface area contributed by atoms with Crippen molar-refractivity contribution in [1.29, 1.82) is 0 Å². The lowest BCUT2D eigenvalue weighted by atomic mass is 10.2. The molecule has 0 unspecified atom stereocenters. The fourth-order valence-corrected chi connectivity index (χ4v) is 2.93. The van der Waals surface area contributed by atoms with Crippen molar-refractivity contribution >= 4 is 11.0 Å². The van der Waals surface area contributed by atoms with Gasteiger partial charge in [0.15, 0.2) is 0 Å². The van der Waals surface area contributed by atoms with Crippen LogP contribution in [0.5, 0.6) is 0 Å². The Hall–Kier alpha value is -1.56. The Labute approximate surface area is 131 Å². The number of aromatic nitrogens is 2. The van der Waals surface area contributed by atoms with Crippen LogP contribution in [0.4, 0.5) is 0 Å². The van der Waals surface area contributed by atoms with E-state index >= 15 is 0 Å². The molecule has 1 aliphatic rings. The third-order valence-corrected chi connectivity index (χ3v) is 4.01. The molecule has 22 heavy (non-hydrogen) atoms. The Morgan fingerprint density at radius 2 is 1.95 bits per heavy atom. The van der Waals surface area contributed by atoms with Crippen LogP contribution < -0.4 is 0 Å². The Bertz CT molecular complexity index is 644. The molecule has 3 rings (SSSR count). The maximum absolute atomic E-state index is 5.84. The summed E-state index contributed by atoms with van der Waals surface area (Å²) in [5, 5.41) is 0. The van der Waals surface area contributed by atoms with Crippen LogP contribution in [0.15, 0.2) is 24.3 Å². The molecule has 1 aromatic carbocycles. The van der Waals surface area contributed by atoms with E-state index < -0.39 is 0 Å². The molecule has 0 spiro atoms. The number of likely N-dealkylation sites (N-methyl/N-ethyl adjacent to an activating group) is 1. The summed E-state index contributed by atoms with van der Waals surface area (Å²) in [6.45, 7) is 6.55. The van der Waals surface area contributed by atoms with E-state index in [1.807, 2.05) is 31.2 Å². The highest BCUT2D eigenvalue weighted by Gasteiger charge is 2.22. The van der Waals surface area contributed by atoms with Gasteiger partial charge >= 0.3 is 0 Å². The normalized spacial score (nSPS) is 19.9. The summed E-state index contributed by atoms with van der Waals surface area (Å²) in [7, 11) is 4.17. The van der Waals surface area contributed by atoms with Crippen molar-refractivity contribution in [3.05, 3.63) is 35.7 Å². The van der Waals surface area contributed by atoms with Gasteiger partial charge in [-0.25, -0.2) is 9.97 Å². The topological polar surface area (TPSA) is 41.5 Å². The van der Waals surface area contributed by atoms with Gasteiger partial charge in [-0.2, -0.15) is 0 Å². The predicted molar refractivity (Wildman–Crippen MR) is 87.8 cm³/mol. The van der Waals surface area contributed by atoms with Crippen molar-refractivity contribution in [3.63, 3.8) is 0 Å². The summed E-state index contributed by atoms with van der Waals surface area (Å²) >= 11 is 0. The van der Waals surface area contributed by atoms with Gasteiger partial charge in [0.05, 0.1) is 35.1 Å². The Balaban J connectivity index is 1.73. The first-order chi connectivity index (χ1) is 10.6. The van der Waals surface area contributed by atoms with Gasteiger partial charge in [0.1, 0.15) is 0 Å². The Kier molecular flexibility index (Phi) is 4.66. The van der Waals surface area contributed by atoms with E-state index in [1.165, 1.54) is 0 Å². The summed E-state index contributed by atoms with van der Waals surface area (Å²) in [5.74, 6) is 0. The molecule has 0 N–H and O–H groups in total. The predicted octanol–water partition coefficient (Wildman–Crippen LogP) is 1.70. The van der Waals surface area contributed by atoms with Gasteiger partial charge in [-0.1, -0.05) is 12.1 Å². The Morgan fingerprint density at radius 1 is 1.23 bits per heavy atom. The first-order valence-corrected chi connectivity index (χ1v) is 7.83. The quantitative estimate of drug-likeness (QED) is 0.860. The largest absolute Gasteiger partial charge is 0.374 e. The molecule has 1 aliphatic heterocycles. The van der Waals surface area contributed by atoms with Crippen molar-refractivity contribution in [2.45, 2.75) is 19.6 Å². The maximum Gasteiger partial charge on any atom is 0.0890 e. The lowest BCUT2D eigenvalue weighted by Gasteiger charge is -2.34. The lowest BCUT2D eigenvalue weighted by Crippen LogP contribution is -2.46. The number of benzene rings is 1. The van der Waals surface area contributed by atoms with Crippen LogP contribution in [0.2, 0.25) is 0 Å². The summed E-state index contributed by atoms with van der Waals surface area (Å²) in [6.07, 6.45) is 0.275. The molecule has 1 saturated heterocycles. The molecule has 118 valence electrons. The second-order valence-corrected chi connectivity index (χ2v) is 6.23. The minimum absolute atomic E-state index is 0.275. The van der Waals surface area contributed by atoms with Gasteiger partial charge in [-0.05, 0) is 33.2 Å². The van der Waals surface area contributed by atoms with Crippen LogP contribution >= 0.6 is 0 Å². The van der Waals surface area contributed by atoms with Gasteiger partial charge in [0, 0.05) is 26.2 Å². The number of fused-ring (bicyclic) bond motifs is 1.